The Morgan fingerprint density at radius 1 is 1.39 bits per heavy atom. The lowest BCUT2D eigenvalue weighted by atomic mass is 10.2. The summed E-state index contributed by atoms with van der Waals surface area (Å²) in [5.41, 5.74) is 1.13. The first-order chi connectivity index (χ1) is 8.74. The molecule has 2 aromatic rings. The summed E-state index contributed by atoms with van der Waals surface area (Å²) >= 11 is 0. The number of carbonyl (C=O) groups excluding carboxylic acids is 1. The summed E-state index contributed by atoms with van der Waals surface area (Å²) in [7, 11) is 1.66. The van der Waals surface area contributed by atoms with E-state index in [9.17, 15) is 4.79 Å². The summed E-state index contributed by atoms with van der Waals surface area (Å²) in [6, 6.07) is 8.06. The SMILES string of the molecule is CCOc1ccc2c(ccn2CCC(=O)NC)c1. The average Bonchev–Trinajstić information content (AvgIpc) is 2.79. The molecule has 1 N–H and O–H groups in total. The molecule has 0 aliphatic rings. The first-order valence-electron chi connectivity index (χ1n) is 6.17. The van der Waals surface area contributed by atoms with E-state index in [1.807, 2.05) is 37.4 Å². The van der Waals surface area contributed by atoms with E-state index >= 15 is 0 Å². The third-order valence-corrected chi connectivity index (χ3v) is 2.91. The number of benzene rings is 1. The van der Waals surface area contributed by atoms with Gasteiger partial charge in [0.25, 0.3) is 0 Å². The molecule has 1 aromatic carbocycles. The van der Waals surface area contributed by atoms with E-state index in [1.54, 1.807) is 7.05 Å². The van der Waals surface area contributed by atoms with Crippen LogP contribution in [0.2, 0.25) is 0 Å². The van der Waals surface area contributed by atoms with Crippen LogP contribution in [0, 0.1) is 0 Å². The van der Waals surface area contributed by atoms with Gasteiger partial charge in [-0.2, -0.15) is 0 Å². The number of aromatic nitrogens is 1. The lowest BCUT2D eigenvalue weighted by Crippen LogP contribution is -2.19. The highest BCUT2D eigenvalue weighted by atomic mass is 16.5. The first-order valence-corrected chi connectivity index (χ1v) is 6.17. The van der Waals surface area contributed by atoms with Gasteiger partial charge in [-0.25, -0.2) is 0 Å². The molecule has 1 heterocycles. The zero-order valence-corrected chi connectivity index (χ0v) is 10.8. The Bertz CT molecular complexity index is 546. The molecule has 0 atom stereocenters. The molecule has 18 heavy (non-hydrogen) atoms. The van der Waals surface area contributed by atoms with Crippen LogP contribution in [0.3, 0.4) is 0 Å². The number of nitrogens with one attached hydrogen (secondary N) is 1. The molecule has 0 saturated heterocycles. The normalized spacial score (nSPS) is 10.6. The van der Waals surface area contributed by atoms with Gasteiger partial charge in [-0.3, -0.25) is 4.79 Å². The molecule has 0 radical (unpaired) electrons. The van der Waals surface area contributed by atoms with Crippen molar-refractivity contribution in [2.24, 2.45) is 0 Å². The number of aryl methyl sites for hydroxylation is 1. The molecule has 1 amide bonds. The van der Waals surface area contributed by atoms with Crippen LogP contribution in [0.4, 0.5) is 0 Å². The van der Waals surface area contributed by atoms with Crippen molar-refractivity contribution in [2.45, 2.75) is 19.9 Å². The molecule has 2 rings (SSSR count). The maximum atomic E-state index is 11.2. The number of hydrogen-bond donors (Lipinski definition) is 1. The molecule has 0 bridgehead atoms. The van der Waals surface area contributed by atoms with Crippen molar-refractivity contribution < 1.29 is 9.53 Å². The van der Waals surface area contributed by atoms with E-state index in [-0.39, 0.29) is 5.91 Å². The third kappa shape index (κ3) is 2.64. The molecule has 0 spiro atoms. The Balaban J connectivity index is 2.18. The van der Waals surface area contributed by atoms with Crippen molar-refractivity contribution >= 4 is 16.8 Å². The van der Waals surface area contributed by atoms with Gasteiger partial charge in [-0.1, -0.05) is 0 Å². The number of ether oxygens (including phenoxy) is 1. The Morgan fingerprint density at radius 2 is 2.22 bits per heavy atom. The molecular formula is C14H18N2O2. The first kappa shape index (κ1) is 12.5. The molecule has 0 saturated carbocycles. The average molecular weight is 246 g/mol. The Morgan fingerprint density at radius 3 is 2.94 bits per heavy atom. The van der Waals surface area contributed by atoms with Gasteiger partial charge in [0.05, 0.1) is 6.61 Å². The van der Waals surface area contributed by atoms with Crippen LogP contribution >= 0.6 is 0 Å². The molecule has 4 heteroatoms. The van der Waals surface area contributed by atoms with Gasteiger partial charge < -0.3 is 14.6 Å². The molecule has 0 fully saturated rings. The van der Waals surface area contributed by atoms with Crippen LogP contribution in [0.25, 0.3) is 10.9 Å². The second-order valence-corrected chi connectivity index (χ2v) is 4.09. The molecule has 96 valence electrons. The highest BCUT2D eigenvalue weighted by Crippen LogP contribution is 2.22. The van der Waals surface area contributed by atoms with Crippen LogP contribution in [0.5, 0.6) is 5.75 Å². The summed E-state index contributed by atoms with van der Waals surface area (Å²) in [5.74, 6) is 0.942. The van der Waals surface area contributed by atoms with Gasteiger partial charge >= 0.3 is 0 Å². The Kier molecular flexibility index (Phi) is 3.87. The van der Waals surface area contributed by atoms with Crippen LogP contribution in [0.1, 0.15) is 13.3 Å². The highest BCUT2D eigenvalue weighted by molar-refractivity contribution is 5.82. The number of rotatable bonds is 5. The van der Waals surface area contributed by atoms with Crippen LogP contribution in [-0.2, 0) is 11.3 Å². The number of amides is 1. The summed E-state index contributed by atoms with van der Waals surface area (Å²) < 4.78 is 7.55. The van der Waals surface area contributed by atoms with Crippen LogP contribution in [-0.4, -0.2) is 24.1 Å². The van der Waals surface area contributed by atoms with Crippen molar-refractivity contribution in [3.63, 3.8) is 0 Å². The molecule has 4 nitrogen and oxygen atoms in total. The maximum absolute atomic E-state index is 11.2. The van der Waals surface area contributed by atoms with Crippen LogP contribution in [0.15, 0.2) is 30.5 Å². The van der Waals surface area contributed by atoms with Crippen molar-refractivity contribution in [3.05, 3.63) is 30.5 Å². The summed E-state index contributed by atoms with van der Waals surface area (Å²) in [5, 5.41) is 3.77. The number of fused-ring (bicyclic) bond motifs is 1. The minimum absolute atomic E-state index is 0.0581. The van der Waals surface area contributed by atoms with Gasteiger partial charge in [-0.05, 0) is 31.2 Å². The number of hydrogen-bond acceptors (Lipinski definition) is 2. The minimum Gasteiger partial charge on any atom is -0.494 e. The third-order valence-electron chi connectivity index (χ3n) is 2.91. The van der Waals surface area contributed by atoms with Gasteiger partial charge in [0, 0.05) is 37.1 Å². The fourth-order valence-electron chi connectivity index (χ4n) is 1.98. The van der Waals surface area contributed by atoms with Gasteiger partial charge in [-0.15, -0.1) is 0 Å². The van der Waals surface area contributed by atoms with Crippen molar-refractivity contribution in [1.82, 2.24) is 9.88 Å². The quantitative estimate of drug-likeness (QED) is 0.878. The lowest BCUT2D eigenvalue weighted by molar-refractivity contribution is -0.120. The zero-order chi connectivity index (χ0) is 13.0. The summed E-state index contributed by atoms with van der Waals surface area (Å²) in [4.78, 5) is 11.2. The van der Waals surface area contributed by atoms with Gasteiger partial charge in [0.15, 0.2) is 0 Å². The fourth-order valence-corrected chi connectivity index (χ4v) is 1.98. The zero-order valence-electron chi connectivity index (χ0n) is 10.8. The monoisotopic (exact) mass is 246 g/mol. The van der Waals surface area contributed by atoms with Crippen molar-refractivity contribution in [1.29, 1.82) is 0 Å². The topological polar surface area (TPSA) is 43.3 Å². The summed E-state index contributed by atoms with van der Waals surface area (Å²) in [6.07, 6.45) is 2.50. The predicted octanol–water partition coefficient (Wildman–Crippen LogP) is 2.18. The smallest absolute Gasteiger partial charge is 0.221 e. The molecule has 0 unspecified atom stereocenters. The predicted molar refractivity (Wildman–Crippen MR) is 71.8 cm³/mol. The Hall–Kier alpha value is -1.97. The van der Waals surface area contributed by atoms with Gasteiger partial charge in [0.1, 0.15) is 5.75 Å². The molecular weight excluding hydrogens is 228 g/mol. The van der Waals surface area contributed by atoms with Gasteiger partial charge in [0.2, 0.25) is 5.91 Å². The molecule has 1 aromatic heterocycles. The maximum Gasteiger partial charge on any atom is 0.221 e. The Labute approximate surface area is 107 Å². The molecule has 0 aliphatic heterocycles. The van der Waals surface area contributed by atoms with E-state index in [0.29, 0.717) is 19.6 Å². The largest absolute Gasteiger partial charge is 0.494 e. The minimum atomic E-state index is 0.0581. The van der Waals surface area contributed by atoms with E-state index in [0.717, 1.165) is 16.7 Å². The van der Waals surface area contributed by atoms with Crippen molar-refractivity contribution in [2.75, 3.05) is 13.7 Å². The van der Waals surface area contributed by atoms with E-state index < -0.39 is 0 Å². The summed E-state index contributed by atoms with van der Waals surface area (Å²) in [6.45, 7) is 3.33. The number of carbonyl (C=O) groups is 1. The van der Waals surface area contributed by atoms with E-state index in [1.165, 1.54) is 0 Å². The van der Waals surface area contributed by atoms with E-state index in [2.05, 4.69) is 9.88 Å². The number of nitrogens with zero attached hydrogens (tertiary/aromatic N) is 1. The standard InChI is InChI=1S/C14H18N2O2/c1-3-18-12-4-5-13-11(10-12)6-8-16(13)9-7-14(17)15-2/h4-6,8,10H,3,7,9H2,1-2H3,(H,15,17). The highest BCUT2D eigenvalue weighted by Gasteiger charge is 2.04. The fraction of sp³-hybridized carbons (Fsp3) is 0.357. The van der Waals surface area contributed by atoms with Crippen LogP contribution < -0.4 is 10.1 Å². The lowest BCUT2D eigenvalue weighted by Gasteiger charge is -2.06. The second-order valence-electron chi connectivity index (χ2n) is 4.09. The second kappa shape index (κ2) is 5.58. The van der Waals surface area contributed by atoms with E-state index in [4.69, 9.17) is 4.74 Å². The van der Waals surface area contributed by atoms with Crippen molar-refractivity contribution in [3.8, 4) is 5.75 Å². The molecule has 0 aliphatic carbocycles.